The molecule has 0 spiro atoms. The molecule has 0 radical (unpaired) electrons. The number of hydrogen-bond donors (Lipinski definition) is 1. The van der Waals surface area contributed by atoms with E-state index in [0.29, 0.717) is 11.1 Å². The van der Waals surface area contributed by atoms with Gasteiger partial charge in [0.05, 0.1) is 0 Å². The van der Waals surface area contributed by atoms with Crippen LogP contribution in [0.2, 0.25) is 0 Å². The van der Waals surface area contributed by atoms with Gasteiger partial charge in [-0.1, -0.05) is 0 Å². The Hall–Kier alpha value is -1.42. The van der Waals surface area contributed by atoms with Gasteiger partial charge in [0.15, 0.2) is 6.04 Å². The van der Waals surface area contributed by atoms with E-state index in [4.69, 9.17) is 0 Å². The molecule has 1 aromatic rings. The lowest BCUT2D eigenvalue weighted by Gasteiger charge is -2.10. The third-order valence-electron chi connectivity index (χ3n) is 1.87. The monoisotopic (exact) mass is 183 g/mol. The van der Waals surface area contributed by atoms with Crippen LogP contribution in [0.25, 0.3) is 0 Å². The summed E-state index contributed by atoms with van der Waals surface area (Å²) >= 11 is 0. The van der Waals surface area contributed by atoms with Gasteiger partial charge in [-0.3, -0.25) is 0 Å². The Balaban J connectivity index is 3.03. The quantitative estimate of drug-likeness (QED) is 0.650. The second-order valence-electron chi connectivity index (χ2n) is 2.88. The SMILES string of the molecule is Cc1cc([C@H]([NH3+])C(=O)[O-])ccc1F. The van der Waals surface area contributed by atoms with Crippen LogP contribution in [0.3, 0.4) is 0 Å². The summed E-state index contributed by atoms with van der Waals surface area (Å²) in [5.41, 5.74) is 4.26. The Kier molecular flexibility index (Phi) is 2.63. The van der Waals surface area contributed by atoms with E-state index < -0.39 is 12.0 Å². The van der Waals surface area contributed by atoms with E-state index in [9.17, 15) is 14.3 Å². The predicted molar refractivity (Wildman–Crippen MR) is 41.8 cm³/mol. The molecular weight excluding hydrogens is 173 g/mol. The maximum atomic E-state index is 12.8. The minimum atomic E-state index is -1.26. The van der Waals surface area contributed by atoms with Crippen molar-refractivity contribution in [2.24, 2.45) is 0 Å². The summed E-state index contributed by atoms with van der Waals surface area (Å²) in [5, 5.41) is 10.4. The molecule has 1 atom stereocenters. The van der Waals surface area contributed by atoms with Gasteiger partial charge < -0.3 is 15.6 Å². The van der Waals surface area contributed by atoms with Crippen LogP contribution in [-0.4, -0.2) is 5.97 Å². The Labute approximate surface area is 75.0 Å². The molecule has 1 aromatic carbocycles. The van der Waals surface area contributed by atoms with Crippen LogP contribution in [-0.2, 0) is 4.79 Å². The predicted octanol–water partition coefficient (Wildman–Crippen LogP) is -0.833. The van der Waals surface area contributed by atoms with Crippen molar-refractivity contribution in [2.45, 2.75) is 13.0 Å². The van der Waals surface area contributed by atoms with Gasteiger partial charge >= 0.3 is 0 Å². The Morgan fingerprint density at radius 1 is 1.62 bits per heavy atom. The minimum Gasteiger partial charge on any atom is -0.544 e. The summed E-state index contributed by atoms with van der Waals surface area (Å²) in [5.74, 6) is -1.61. The van der Waals surface area contributed by atoms with Crippen LogP contribution in [0, 0.1) is 12.7 Å². The van der Waals surface area contributed by atoms with Crippen molar-refractivity contribution >= 4 is 5.97 Å². The van der Waals surface area contributed by atoms with Crippen LogP contribution in [0.5, 0.6) is 0 Å². The number of halogens is 1. The van der Waals surface area contributed by atoms with Crippen molar-refractivity contribution in [3.63, 3.8) is 0 Å². The second-order valence-corrected chi connectivity index (χ2v) is 2.88. The molecule has 0 amide bonds. The van der Waals surface area contributed by atoms with Crippen molar-refractivity contribution in [1.82, 2.24) is 0 Å². The standard InChI is InChI=1S/C9H10FNO2/c1-5-4-6(2-3-7(5)10)8(11)9(12)13/h2-4,8H,11H2,1H3,(H,12,13)/t8-/m0/s1. The van der Waals surface area contributed by atoms with Gasteiger partial charge in [-0.05, 0) is 30.7 Å². The first-order valence-corrected chi connectivity index (χ1v) is 3.82. The van der Waals surface area contributed by atoms with E-state index in [-0.39, 0.29) is 5.82 Å². The third kappa shape index (κ3) is 2.03. The van der Waals surface area contributed by atoms with Crippen LogP contribution in [0.15, 0.2) is 18.2 Å². The summed E-state index contributed by atoms with van der Waals surface area (Å²) in [6.45, 7) is 1.57. The normalized spacial score (nSPS) is 12.5. The van der Waals surface area contributed by atoms with Gasteiger partial charge in [0.2, 0.25) is 0 Å². The molecule has 3 N–H and O–H groups in total. The zero-order valence-corrected chi connectivity index (χ0v) is 7.21. The fraction of sp³-hybridized carbons (Fsp3) is 0.222. The molecule has 0 aliphatic heterocycles. The molecule has 0 fully saturated rings. The molecule has 0 aliphatic carbocycles. The molecule has 0 bridgehead atoms. The number of aryl methyl sites for hydroxylation is 1. The lowest BCUT2D eigenvalue weighted by molar-refractivity contribution is -0.443. The molecule has 70 valence electrons. The topological polar surface area (TPSA) is 67.8 Å². The number of quaternary nitrogens is 1. The number of hydrogen-bond acceptors (Lipinski definition) is 2. The summed E-state index contributed by atoms with van der Waals surface area (Å²) in [4.78, 5) is 10.4. The van der Waals surface area contributed by atoms with Gasteiger partial charge in [0.1, 0.15) is 11.8 Å². The number of benzene rings is 1. The van der Waals surface area contributed by atoms with Gasteiger partial charge in [0.25, 0.3) is 0 Å². The number of carbonyl (C=O) groups excluding carboxylic acids is 1. The summed E-state index contributed by atoms with van der Waals surface area (Å²) in [6.07, 6.45) is 0. The van der Waals surface area contributed by atoms with Crippen LogP contribution >= 0.6 is 0 Å². The van der Waals surface area contributed by atoms with Crippen LogP contribution < -0.4 is 10.8 Å². The number of carboxylic acid groups (broad SMARTS) is 1. The van der Waals surface area contributed by atoms with E-state index in [0.717, 1.165) is 0 Å². The molecule has 1 rings (SSSR count). The average molecular weight is 183 g/mol. The fourth-order valence-electron chi connectivity index (χ4n) is 1.02. The Morgan fingerprint density at radius 3 is 2.69 bits per heavy atom. The molecule has 0 aromatic heterocycles. The van der Waals surface area contributed by atoms with Gasteiger partial charge in [-0.15, -0.1) is 0 Å². The maximum absolute atomic E-state index is 12.8. The van der Waals surface area contributed by atoms with E-state index in [1.54, 1.807) is 6.92 Å². The second kappa shape index (κ2) is 3.53. The van der Waals surface area contributed by atoms with E-state index in [2.05, 4.69) is 5.73 Å². The van der Waals surface area contributed by atoms with Crippen molar-refractivity contribution in [3.8, 4) is 0 Å². The highest BCUT2D eigenvalue weighted by Crippen LogP contribution is 2.13. The van der Waals surface area contributed by atoms with Crippen molar-refractivity contribution in [2.75, 3.05) is 0 Å². The van der Waals surface area contributed by atoms with Gasteiger partial charge in [-0.25, -0.2) is 4.39 Å². The van der Waals surface area contributed by atoms with Crippen LogP contribution in [0.4, 0.5) is 4.39 Å². The number of carboxylic acids is 1. The largest absolute Gasteiger partial charge is 0.544 e. The molecule has 0 aliphatic rings. The minimum absolute atomic E-state index is 0.353. The summed E-state index contributed by atoms with van der Waals surface area (Å²) in [6, 6.07) is 3.14. The van der Waals surface area contributed by atoms with Crippen LogP contribution in [0.1, 0.15) is 17.2 Å². The highest BCUT2D eigenvalue weighted by molar-refractivity contribution is 5.71. The van der Waals surface area contributed by atoms with E-state index >= 15 is 0 Å². The maximum Gasteiger partial charge on any atom is 0.150 e. The average Bonchev–Trinajstić information content (AvgIpc) is 2.08. The smallest absolute Gasteiger partial charge is 0.150 e. The zero-order valence-electron chi connectivity index (χ0n) is 7.21. The molecule has 3 nitrogen and oxygen atoms in total. The van der Waals surface area contributed by atoms with Crippen molar-refractivity contribution in [3.05, 3.63) is 35.1 Å². The summed E-state index contributed by atoms with van der Waals surface area (Å²) in [7, 11) is 0. The highest BCUT2D eigenvalue weighted by atomic mass is 19.1. The molecule has 0 saturated heterocycles. The molecule has 0 heterocycles. The zero-order chi connectivity index (χ0) is 10.0. The highest BCUT2D eigenvalue weighted by Gasteiger charge is 2.11. The Bertz CT molecular complexity index is 338. The third-order valence-corrected chi connectivity index (χ3v) is 1.87. The first kappa shape index (κ1) is 9.67. The van der Waals surface area contributed by atoms with Gasteiger partial charge in [0, 0.05) is 5.56 Å². The fourth-order valence-corrected chi connectivity index (χ4v) is 1.02. The first-order valence-electron chi connectivity index (χ1n) is 3.82. The number of aliphatic carboxylic acids is 1. The number of carbonyl (C=O) groups is 1. The summed E-state index contributed by atoms with van der Waals surface area (Å²) < 4.78 is 12.8. The van der Waals surface area contributed by atoms with Crippen molar-refractivity contribution in [1.29, 1.82) is 0 Å². The molecule has 4 heteroatoms. The van der Waals surface area contributed by atoms with Gasteiger partial charge in [-0.2, -0.15) is 0 Å². The molecular formula is C9H10FNO2. The molecule has 13 heavy (non-hydrogen) atoms. The number of rotatable bonds is 2. The first-order chi connectivity index (χ1) is 6.02. The van der Waals surface area contributed by atoms with E-state index in [1.807, 2.05) is 0 Å². The lowest BCUT2D eigenvalue weighted by atomic mass is 10.1. The van der Waals surface area contributed by atoms with E-state index in [1.165, 1.54) is 18.2 Å². The Morgan fingerprint density at radius 2 is 2.23 bits per heavy atom. The molecule has 0 saturated carbocycles. The molecule has 0 unspecified atom stereocenters. The lowest BCUT2D eigenvalue weighted by Crippen LogP contribution is -2.61. The van der Waals surface area contributed by atoms with Crippen molar-refractivity contribution < 1.29 is 20.0 Å².